The molecular formula is C85H98N10O16S3. The number of Topliss-reactive ketones (excluding diaryl/α,β-unsaturated/α-hetero) is 5. The van der Waals surface area contributed by atoms with Crippen LogP contribution in [-0.2, 0) is 94.7 Å². The number of carboxylic acid groups (broad SMARTS) is 2. The van der Waals surface area contributed by atoms with Crippen LogP contribution in [0, 0.1) is 35.5 Å². The molecule has 0 saturated carbocycles. The molecule has 9 aromatic rings. The topological polar surface area (TPSA) is 426 Å². The van der Waals surface area contributed by atoms with Crippen molar-refractivity contribution in [1.29, 1.82) is 0 Å². The highest BCUT2D eigenvalue weighted by Gasteiger charge is 2.43. The molecule has 5 amide bonds. The van der Waals surface area contributed by atoms with Crippen molar-refractivity contribution in [1.82, 2.24) is 46.1 Å². The van der Waals surface area contributed by atoms with Gasteiger partial charge in [-0.05, 0) is 114 Å². The van der Waals surface area contributed by atoms with E-state index < -0.39 is 182 Å². The number of carboxylic acids is 2. The summed E-state index contributed by atoms with van der Waals surface area (Å²) >= 11 is 4.07. The lowest BCUT2D eigenvalue weighted by molar-refractivity contribution is -0.150. The fourth-order valence-electron chi connectivity index (χ4n) is 15.5. The number of thioether (sulfide) groups is 3. The van der Waals surface area contributed by atoms with Gasteiger partial charge in [-0.15, -0.1) is 0 Å². The molecule has 12 atom stereocenters. The van der Waals surface area contributed by atoms with Gasteiger partial charge in [-0.25, -0.2) is 4.79 Å². The second kappa shape index (κ2) is 40.2. The van der Waals surface area contributed by atoms with E-state index in [4.69, 9.17) is 5.73 Å². The zero-order chi connectivity index (χ0) is 81.1. The number of piperidine rings is 1. The Morgan fingerprint density at radius 3 is 1.58 bits per heavy atom. The van der Waals surface area contributed by atoms with Crippen LogP contribution in [-0.4, -0.2) is 195 Å². The minimum Gasteiger partial charge on any atom is -0.481 e. The van der Waals surface area contributed by atoms with Crippen molar-refractivity contribution >= 4 is 149 Å². The summed E-state index contributed by atoms with van der Waals surface area (Å²) in [4.78, 5) is 188. The first kappa shape index (κ1) is 84.7. The van der Waals surface area contributed by atoms with Gasteiger partial charge in [-0.2, -0.15) is 35.3 Å². The fraction of sp³-hybridized carbons (Fsp3) is 0.412. The summed E-state index contributed by atoms with van der Waals surface area (Å²) in [5.41, 5.74) is 14.1. The third-order valence-corrected chi connectivity index (χ3v) is 24.7. The quantitative estimate of drug-likeness (QED) is 0.0189. The molecule has 3 aliphatic heterocycles. The highest BCUT2D eigenvalue weighted by atomic mass is 32.2. The number of amides is 5. The van der Waals surface area contributed by atoms with Crippen molar-refractivity contribution < 1.29 is 78.0 Å². The largest absolute Gasteiger partial charge is 0.481 e. The summed E-state index contributed by atoms with van der Waals surface area (Å²) in [6.45, 7) is 0.213. The SMILES string of the molecule is CSCC[C@H]1C(=O)C[C@H](C(=O)N[C@@H](CO)C(=O)O)CSCc2ccc(cc2)CSCC(CC(=O)[C@H](Cc2c[nH]c3ccccc23)NC(=O)[C@@H](CC(=O)[C@H](CCC(=O)O)NC(=O)[C@@H](CC(=O)C(N)Cc2c[nH]c3ccccc23)Cc2c[nH]c3ccccc23)Cc2c[nH]c3ccccc23)C(=O)N[C@@H](CO)C(=O)CC2CC(C)CN1C2=O. The average molecular weight is 1610 g/mol. The molecule has 0 spiro atoms. The Hall–Kier alpha value is -10.2. The first-order chi connectivity index (χ1) is 54.9. The summed E-state index contributed by atoms with van der Waals surface area (Å²) in [6, 6.07) is 28.9. The molecule has 3 aliphatic rings. The Kier molecular flexibility index (Phi) is 29.9. The third-order valence-electron chi connectivity index (χ3n) is 21.7. The van der Waals surface area contributed by atoms with E-state index in [2.05, 4.69) is 41.2 Å². The number of benzene rings is 5. The summed E-state index contributed by atoms with van der Waals surface area (Å²) in [5, 5.41) is 54.8. The van der Waals surface area contributed by atoms with Crippen LogP contribution in [0.15, 0.2) is 146 Å². The van der Waals surface area contributed by atoms with Crippen molar-refractivity contribution in [3.8, 4) is 0 Å². The Morgan fingerprint density at radius 1 is 0.588 bits per heavy atom. The number of aromatic nitrogens is 4. The minimum absolute atomic E-state index is 0.0148. The fourth-order valence-corrected chi connectivity index (χ4v) is 18.1. The van der Waals surface area contributed by atoms with E-state index in [9.17, 15) is 54.0 Å². The molecule has 12 rings (SSSR count). The molecule has 29 heteroatoms. The number of nitrogens with one attached hydrogen (secondary N) is 8. The predicted octanol–water partition coefficient (Wildman–Crippen LogP) is 8.13. The normalized spacial score (nSPS) is 19.9. The standard InChI is InChI=1S/C85H98N10O16S3/c1-48-27-53-34-77(101)71(42-96)93-82(107)58(46-113-44-49-19-21-50(22-20-49)45-114-47-59(83(108)94-72(43-97)85(110)111)36-78(102)73(25-26-112-2)95(41-48)84(53)109)35-76(100)70(31-57-40-90-68-18-10-6-14-63(57)68)92-81(106)52(29-55-38-88-66-16-8-4-12-61(55)66)33-75(99)69(23-24-79(103)104)91-80(105)51(28-54-37-87-65-15-7-3-11-60(54)65)32-74(98)64(86)30-56-39-89-67-17-9-5-13-62(56)67/h3-22,37-40,48,51-53,58-59,64,69-73,87-90,96-97H,23-36,41-47,86H2,1-2H3,(H,91,105)(H,92,106)(H,93,107)(H,94,108)(H,103,104)(H,110,111)/t48?,51-,52-,53?,58?,59+,64?,69+,70+,71+,72+,73+/m1/s1. The van der Waals surface area contributed by atoms with Crippen molar-refractivity contribution in [3.05, 3.63) is 179 Å². The average Bonchev–Trinajstić information content (AvgIpc) is 1.74. The number of hydrogen-bond donors (Lipinski definition) is 13. The lowest BCUT2D eigenvalue weighted by atomic mass is 9.83. The minimum atomic E-state index is -1.64. The molecule has 7 heterocycles. The van der Waals surface area contributed by atoms with Gasteiger partial charge in [-0.3, -0.25) is 52.7 Å². The van der Waals surface area contributed by atoms with E-state index in [-0.39, 0.29) is 75.3 Å². The van der Waals surface area contributed by atoms with Crippen LogP contribution >= 0.6 is 35.3 Å². The van der Waals surface area contributed by atoms with Gasteiger partial charge in [0.2, 0.25) is 29.5 Å². The van der Waals surface area contributed by atoms with Gasteiger partial charge in [0, 0.05) is 161 Å². The molecule has 0 radical (unpaired) electrons. The molecule has 26 nitrogen and oxygen atoms in total. The first-order valence-corrected chi connectivity index (χ1v) is 42.2. The summed E-state index contributed by atoms with van der Waals surface area (Å²) in [7, 11) is 0. The monoisotopic (exact) mass is 1610 g/mol. The molecule has 1 saturated heterocycles. The summed E-state index contributed by atoms with van der Waals surface area (Å²) in [6.07, 6.45) is 5.83. The predicted molar refractivity (Wildman–Crippen MR) is 439 cm³/mol. The van der Waals surface area contributed by atoms with Crippen LogP contribution in [0.3, 0.4) is 0 Å². The van der Waals surface area contributed by atoms with Gasteiger partial charge in [0.05, 0.1) is 49.2 Å². The molecule has 1 fully saturated rings. The Balaban J connectivity index is 0.884. The Morgan fingerprint density at radius 2 is 1.08 bits per heavy atom. The number of aliphatic hydroxyl groups is 2. The zero-order valence-corrected chi connectivity index (χ0v) is 66.0. The molecule has 14 N–H and O–H groups in total. The molecule has 0 aliphatic carbocycles. The van der Waals surface area contributed by atoms with Crippen molar-refractivity contribution in [2.45, 2.75) is 138 Å². The molecule has 4 aromatic heterocycles. The highest BCUT2D eigenvalue weighted by molar-refractivity contribution is 7.99. The van der Waals surface area contributed by atoms with Crippen molar-refractivity contribution in [3.63, 3.8) is 0 Å². The number of ketones is 5. The number of carbonyl (C=O) groups is 12. The van der Waals surface area contributed by atoms with Crippen LogP contribution in [0.4, 0.5) is 0 Å². The van der Waals surface area contributed by atoms with Crippen molar-refractivity contribution in [2.75, 3.05) is 43.3 Å². The number of carbonyl (C=O) groups excluding carboxylic acids is 10. The Bertz CT molecular complexity index is 4960. The number of aromatic amines is 4. The maximum atomic E-state index is 15.8. The molecule has 4 bridgehead atoms. The number of fused-ring (bicyclic) bond motifs is 20. The van der Waals surface area contributed by atoms with Gasteiger partial charge < -0.3 is 72.3 Å². The van der Waals surface area contributed by atoms with Gasteiger partial charge in [0.25, 0.3) is 0 Å². The number of para-hydroxylation sites is 4. The zero-order valence-electron chi connectivity index (χ0n) is 63.6. The second-order valence-electron chi connectivity index (χ2n) is 30.1. The Labute approximate surface area is 671 Å². The number of nitrogens with zero attached hydrogens (tertiary/aromatic N) is 1. The number of rotatable bonds is 32. The smallest absolute Gasteiger partial charge is 0.328 e. The lowest BCUT2D eigenvalue weighted by Crippen LogP contribution is -2.55. The lowest BCUT2D eigenvalue weighted by Gasteiger charge is -2.40. The third kappa shape index (κ3) is 22.0. The van der Waals surface area contributed by atoms with Crippen LogP contribution in [0.1, 0.15) is 98.1 Å². The number of aliphatic hydroxyl groups excluding tert-OH is 2. The van der Waals surface area contributed by atoms with E-state index in [0.29, 0.717) is 45.0 Å². The highest BCUT2D eigenvalue weighted by Crippen LogP contribution is 2.34. The van der Waals surface area contributed by atoms with E-state index in [1.54, 1.807) is 24.8 Å². The molecule has 602 valence electrons. The first-order valence-electron chi connectivity index (χ1n) is 38.5. The van der Waals surface area contributed by atoms with Crippen LogP contribution in [0.25, 0.3) is 43.6 Å². The second-order valence-corrected chi connectivity index (χ2v) is 33.1. The van der Waals surface area contributed by atoms with Crippen LogP contribution in [0.5, 0.6) is 0 Å². The van der Waals surface area contributed by atoms with E-state index in [1.807, 2.05) is 135 Å². The maximum Gasteiger partial charge on any atom is 0.328 e. The van der Waals surface area contributed by atoms with E-state index >= 15 is 24.0 Å². The number of aliphatic carboxylic acids is 2. The van der Waals surface area contributed by atoms with E-state index in [0.717, 1.165) is 49.3 Å². The van der Waals surface area contributed by atoms with Crippen molar-refractivity contribution in [2.24, 2.45) is 41.2 Å². The molecular weight excluding hydrogens is 1510 g/mol. The summed E-state index contributed by atoms with van der Waals surface area (Å²) in [5.74, 6) is -14.1. The van der Waals surface area contributed by atoms with Gasteiger partial charge in [0.15, 0.2) is 28.9 Å². The van der Waals surface area contributed by atoms with Gasteiger partial charge in [0.1, 0.15) is 12.1 Å². The number of nitrogens with two attached hydrogens (primary N) is 1. The van der Waals surface area contributed by atoms with E-state index in [1.165, 1.54) is 40.2 Å². The van der Waals surface area contributed by atoms with Crippen LogP contribution in [0.2, 0.25) is 0 Å². The van der Waals surface area contributed by atoms with Gasteiger partial charge in [-0.1, -0.05) is 104 Å². The summed E-state index contributed by atoms with van der Waals surface area (Å²) < 4.78 is 0. The van der Waals surface area contributed by atoms with Gasteiger partial charge >= 0.3 is 11.9 Å². The number of H-pyrrole nitrogens is 4. The molecule has 4 unspecified atom stereocenters. The number of hydrogen-bond acceptors (Lipinski definition) is 18. The van der Waals surface area contributed by atoms with Crippen LogP contribution < -0.4 is 27.0 Å². The molecule has 5 aromatic carbocycles. The maximum absolute atomic E-state index is 15.8. The molecule has 114 heavy (non-hydrogen) atoms.